The van der Waals surface area contributed by atoms with Gasteiger partial charge in [0.1, 0.15) is 5.75 Å². The Morgan fingerprint density at radius 2 is 2.24 bits per heavy atom. The number of aliphatic carboxylic acids is 1. The second-order valence-electron chi connectivity index (χ2n) is 3.86. The molecule has 0 heterocycles. The number of carboxylic acid groups (broad SMARTS) is 1. The van der Waals surface area contributed by atoms with E-state index in [4.69, 9.17) is 27.2 Å². The van der Waals surface area contributed by atoms with Crippen molar-refractivity contribution in [2.45, 2.75) is 25.8 Å². The molecule has 0 aliphatic rings. The molecule has 0 amide bonds. The highest BCUT2D eigenvalue weighted by Gasteiger charge is 2.16. The maximum atomic E-state index is 10.5. The summed E-state index contributed by atoms with van der Waals surface area (Å²) in [5, 5.41) is 9.07. The summed E-state index contributed by atoms with van der Waals surface area (Å²) in [6.45, 7) is 1.89. The van der Waals surface area contributed by atoms with Crippen LogP contribution in [0.4, 0.5) is 0 Å². The molecular formula is C12H16ClNO3. The Kier molecular flexibility index (Phi) is 4.78. The second-order valence-corrected chi connectivity index (χ2v) is 4.24. The molecule has 0 aliphatic heterocycles. The molecule has 0 saturated carbocycles. The number of carbonyl (C=O) groups is 1. The molecule has 1 aromatic rings. The number of hydrogen-bond acceptors (Lipinski definition) is 3. The van der Waals surface area contributed by atoms with Gasteiger partial charge < -0.3 is 15.6 Å². The summed E-state index contributed by atoms with van der Waals surface area (Å²) in [4.78, 5) is 10.5. The van der Waals surface area contributed by atoms with Crippen LogP contribution in [0.5, 0.6) is 5.75 Å². The Balaban J connectivity index is 2.94. The fourth-order valence-corrected chi connectivity index (χ4v) is 2.07. The van der Waals surface area contributed by atoms with E-state index < -0.39 is 12.0 Å². The molecule has 17 heavy (non-hydrogen) atoms. The summed E-state index contributed by atoms with van der Waals surface area (Å²) in [6, 6.07) is 3.28. The molecule has 0 aliphatic carbocycles. The predicted molar refractivity (Wildman–Crippen MR) is 66.5 cm³/mol. The molecule has 94 valence electrons. The van der Waals surface area contributed by atoms with Gasteiger partial charge in [-0.25, -0.2) is 0 Å². The average molecular weight is 258 g/mol. The number of ether oxygens (including phenoxy) is 1. The van der Waals surface area contributed by atoms with Crippen molar-refractivity contribution < 1.29 is 14.6 Å². The topological polar surface area (TPSA) is 72.5 Å². The van der Waals surface area contributed by atoms with Gasteiger partial charge in [-0.15, -0.1) is 0 Å². The van der Waals surface area contributed by atoms with Crippen molar-refractivity contribution in [1.29, 1.82) is 0 Å². The molecule has 0 saturated heterocycles. The quantitative estimate of drug-likeness (QED) is 0.850. The Morgan fingerprint density at radius 3 is 2.76 bits per heavy atom. The van der Waals surface area contributed by atoms with Crippen LogP contribution in [0.2, 0.25) is 5.02 Å². The van der Waals surface area contributed by atoms with Crippen LogP contribution < -0.4 is 10.5 Å². The minimum absolute atomic E-state index is 0.0215. The fourth-order valence-electron chi connectivity index (χ4n) is 1.64. The van der Waals surface area contributed by atoms with Gasteiger partial charge in [-0.3, -0.25) is 4.79 Å². The molecule has 0 spiro atoms. The molecule has 1 aromatic carbocycles. The summed E-state index contributed by atoms with van der Waals surface area (Å²) < 4.78 is 5.19. The Hall–Kier alpha value is -1.26. The SMILES string of the molecule is COc1c(C)ccc(C(N)CCC(=O)O)c1Cl. The first-order valence-corrected chi connectivity index (χ1v) is 5.65. The zero-order valence-electron chi connectivity index (χ0n) is 9.87. The Morgan fingerprint density at radius 1 is 1.59 bits per heavy atom. The van der Waals surface area contributed by atoms with Crippen molar-refractivity contribution >= 4 is 17.6 Å². The monoisotopic (exact) mass is 257 g/mol. The Labute approximate surface area is 105 Å². The summed E-state index contributed by atoms with van der Waals surface area (Å²) >= 11 is 6.17. The number of carboxylic acids is 1. The lowest BCUT2D eigenvalue weighted by atomic mass is 10.0. The molecule has 0 fully saturated rings. The third-order valence-electron chi connectivity index (χ3n) is 2.60. The van der Waals surface area contributed by atoms with Crippen LogP contribution >= 0.6 is 11.6 Å². The van der Waals surface area contributed by atoms with Crippen molar-refractivity contribution in [3.8, 4) is 5.75 Å². The van der Waals surface area contributed by atoms with E-state index in [1.54, 1.807) is 7.11 Å². The second kappa shape index (κ2) is 5.89. The number of nitrogens with two attached hydrogens (primary N) is 1. The largest absolute Gasteiger partial charge is 0.495 e. The standard InChI is InChI=1S/C12H16ClNO3/c1-7-3-4-8(11(13)12(7)17-2)9(14)5-6-10(15)16/h3-4,9H,5-6,14H2,1-2H3,(H,15,16). The van der Waals surface area contributed by atoms with E-state index in [0.29, 0.717) is 17.2 Å². The van der Waals surface area contributed by atoms with Crippen LogP contribution in [0.15, 0.2) is 12.1 Å². The number of rotatable bonds is 5. The number of methoxy groups -OCH3 is 1. The lowest BCUT2D eigenvalue weighted by molar-refractivity contribution is -0.137. The van der Waals surface area contributed by atoms with Crippen LogP contribution in [0.1, 0.15) is 30.0 Å². The van der Waals surface area contributed by atoms with E-state index in [2.05, 4.69) is 0 Å². The first-order valence-electron chi connectivity index (χ1n) is 5.27. The van der Waals surface area contributed by atoms with Gasteiger partial charge in [0.15, 0.2) is 0 Å². The summed E-state index contributed by atoms with van der Waals surface area (Å²) in [6.07, 6.45) is 0.370. The molecule has 0 radical (unpaired) electrons. The molecule has 1 atom stereocenters. The summed E-state index contributed by atoms with van der Waals surface area (Å²) in [7, 11) is 1.54. The molecule has 0 aromatic heterocycles. The normalized spacial score (nSPS) is 12.2. The fraction of sp³-hybridized carbons (Fsp3) is 0.417. The molecule has 1 unspecified atom stereocenters. The van der Waals surface area contributed by atoms with E-state index in [-0.39, 0.29) is 6.42 Å². The van der Waals surface area contributed by atoms with Crippen LogP contribution in [0.25, 0.3) is 0 Å². The maximum Gasteiger partial charge on any atom is 0.303 e. The van der Waals surface area contributed by atoms with Gasteiger partial charge in [-0.05, 0) is 24.5 Å². The lowest BCUT2D eigenvalue weighted by Crippen LogP contribution is -2.13. The Bertz CT molecular complexity index is 420. The van der Waals surface area contributed by atoms with Crippen molar-refractivity contribution in [3.63, 3.8) is 0 Å². The van der Waals surface area contributed by atoms with Gasteiger partial charge in [0.25, 0.3) is 0 Å². The van der Waals surface area contributed by atoms with E-state index in [0.717, 1.165) is 11.1 Å². The van der Waals surface area contributed by atoms with Gasteiger partial charge in [-0.2, -0.15) is 0 Å². The van der Waals surface area contributed by atoms with Crippen molar-refractivity contribution in [1.82, 2.24) is 0 Å². The zero-order valence-corrected chi connectivity index (χ0v) is 10.6. The highest BCUT2D eigenvalue weighted by atomic mass is 35.5. The van der Waals surface area contributed by atoms with E-state index >= 15 is 0 Å². The summed E-state index contributed by atoms with van der Waals surface area (Å²) in [5.41, 5.74) is 7.56. The molecule has 1 rings (SSSR count). The predicted octanol–water partition coefficient (Wildman–Crippen LogP) is 2.52. The van der Waals surface area contributed by atoms with Crippen LogP contribution in [-0.4, -0.2) is 18.2 Å². The average Bonchev–Trinajstić information content (AvgIpc) is 2.26. The van der Waals surface area contributed by atoms with Crippen LogP contribution in [0, 0.1) is 6.92 Å². The van der Waals surface area contributed by atoms with Crippen molar-refractivity contribution in [2.75, 3.05) is 7.11 Å². The molecule has 4 nitrogen and oxygen atoms in total. The smallest absolute Gasteiger partial charge is 0.303 e. The van der Waals surface area contributed by atoms with Crippen molar-refractivity contribution in [3.05, 3.63) is 28.3 Å². The maximum absolute atomic E-state index is 10.5. The number of benzene rings is 1. The van der Waals surface area contributed by atoms with Crippen molar-refractivity contribution in [2.24, 2.45) is 5.73 Å². The molecule has 3 N–H and O–H groups in total. The molecule has 5 heteroatoms. The van der Waals surface area contributed by atoms with E-state index in [9.17, 15) is 4.79 Å². The van der Waals surface area contributed by atoms with Crippen LogP contribution in [0.3, 0.4) is 0 Å². The highest BCUT2D eigenvalue weighted by Crippen LogP contribution is 2.35. The van der Waals surface area contributed by atoms with E-state index in [1.165, 1.54) is 0 Å². The first-order chi connectivity index (χ1) is 7.97. The third-order valence-corrected chi connectivity index (χ3v) is 2.99. The lowest BCUT2D eigenvalue weighted by Gasteiger charge is -2.16. The molecule has 0 bridgehead atoms. The van der Waals surface area contributed by atoms with Gasteiger partial charge in [0.2, 0.25) is 0 Å². The van der Waals surface area contributed by atoms with Gasteiger partial charge >= 0.3 is 5.97 Å². The van der Waals surface area contributed by atoms with Gasteiger partial charge in [0.05, 0.1) is 12.1 Å². The minimum atomic E-state index is -0.865. The zero-order chi connectivity index (χ0) is 13.0. The third kappa shape index (κ3) is 3.35. The van der Waals surface area contributed by atoms with Crippen LogP contribution in [-0.2, 0) is 4.79 Å². The van der Waals surface area contributed by atoms with Gasteiger partial charge in [0, 0.05) is 12.5 Å². The number of hydrogen-bond donors (Lipinski definition) is 2. The van der Waals surface area contributed by atoms with Gasteiger partial charge in [-0.1, -0.05) is 23.7 Å². The minimum Gasteiger partial charge on any atom is -0.495 e. The first kappa shape index (κ1) is 13.8. The van der Waals surface area contributed by atoms with E-state index in [1.807, 2.05) is 19.1 Å². The highest BCUT2D eigenvalue weighted by molar-refractivity contribution is 6.33. The summed E-state index contributed by atoms with van der Waals surface area (Å²) in [5.74, 6) is -0.273. The molecular weight excluding hydrogens is 242 g/mol. The number of halogens is 1. The number of aryl methyl sites for hydroxylation is 1.